The third-order valence-electron chi connectivity index (χ3n) is 2.90. The van der Waals surface area contributed by atoms with Crippen molar-refractivity contribution in [2.75, 3.05) is 0 Å². The molecular formula is C13H11FN2O3. The van der Waals surface area contributed by atoms with Gasteiger partial charge < -0.3 is 4.57 Å². The molecule has 0 aliphatic rings. The van der Waals surface area contributed by atoms with Crippen molar-refractivity contribution in [1.82, 2.24) is 4.57 Å². The molecule has 2 rings (SSSR count). The minimum atomic E-state index is -0.525. The van der Waals surface area contributed by atoms with Crippen LogP contribution in [0.2, 0.25) is 0 Å². The van der Waals surface area contributed by atoms with Crippen LogP contribution < -0.4 is 5.56 Å². The van der Waals surface area contributed by atoms with Gasteiger partial charge in [0.1, 0.15) is 5.82 Å². The SMILES string of the molecule is Cc1c(Cn2cc(F)ccc2=O)cccc1[N+](=O)[O-]. The van der Waals surface area contributed by atoms with Gasteiger partial charge in [0, 0.05) is 23.9 Å². The standard InChI is InChI=1S/C13H11FN2O3/c1-9-10(3-2-4-12(9)16(18)19)7-15-8-11(14)5-6-13(15)17/h2-6,8H,7H2,1H3. The van der Waals surface area contributed by atoms with E-state index in [2.05, 4.69) is 0 Å². The zero-order valence-electron chi connectivity index (χ0n) is 10.2. The first-order chi connectivity index (χ1) is 8.99. The molecule has 1 aromatic carbocycles. The Morgan fingerprint density at radius 2 is 2.05 bits per heavy atom. The van der Waals surface area contributed by atoms with Gasteiger partial charge in [-0.3, -0.25) is 14.9 Å². The fourth-order valence-corrected chi connectivity index (χ4v) is 1.85. The van der Waals surface area contributed by atoms with Crippen LogP contribution >= 0.6 is 0 Å². The number of rotatable bonds is 3. The molecule has 0 radical (unpaired) electrons. The van der Waals surface area contributed by atoms with Gasteiger partial charge in [-0.2, -0.15) is 0 Å². The topological polar surface area (TPSA) is 65.1 Å². The maximum Gasteiger partial charge on any atom is 0.272 e. The highest BCUT2D eigenvalue weighted by molar-refractivity contribution is 5.44. The normalized spacial score (nSPS) is 10.4. The molecule has 0 bridgehead atoms. The van der Waals surface area contributed by atoms with Crippen LogP contribution in [0.1, 0.15) is 11.1 Å². The van der Waals surface area contributed by atoms with Crippen molar-refractivity contribution in [2.24, 2.45) is 0 Å². The van der Waals surface area contributed by atoms with Crippen molar-refractivity contribution >= 4 is 5.69 Å². The van der Waals surface area contributed by atoms with Crippen LogP contribution in [-0.4, -0.2) is 9.49 Å². The van der Waals surface area contributed by atoms with Crippen LogP contribution in [0.5, 0.6) is 0 Å². The number of hydrogen-bond donors (Lipinski definition) is 0. The Morgan fingerprint density at radius 1 is 1.32 bits per heavy atom. The maximum atomic E-state index is 13.1. The molecule has 5 nitrogen and oxygen atoms in total. The summed E-state index contributed by atoms with van der Waals surface area (Å²) in [4.78, 5) is 21.9. The average molecular weight is 262 g/mol. The first kappa shape index (κ1) is 12.9. The van der Waals surface area contributed by atoms with Crippen molar-refractivity contribution < 1.29 is 9.31 Å². The Bertz CT molecular complexity index is 695. The Labute approximate surface area is 108 Å². The lowest BCUT2D eigenvalue weighted by Crippen LogP contribution is -2.20. The molecule has 0 saturated carbocycles. The molecular weight excluding hydrogens is 251 g/mol. The number of nitro benzene ring substituents is 1. The third-order valence-corrected chi connectivity index (χ3v) is 2.90. The molecule has 0 unspecified atom stereocenters. The van der Waals surface area contributed by atoms with Crippen LogP contribution in [-0.2, 0) is 6.54 Å². The summed E-state index contributed by atoms with van der Waals surface area (Å²) < 4.78 is 14.3. The summed E-state index contributed by atoms with van der Waals surface area (Å²) in [5.41, 5.74) is 0.722. The summed E-state index contributed by atoms with van der Waals surface area (Å²) in [6.45, 7) is 1.71. The molecule has 0 saturated heterocycles. The Balaban J connectivity index is 2.44. The number of nitrogens with zero attached hydrogens (tertiary/aromatic N) is 2. The quantitative estimate of drug-likeness (QED) is 0.629. The first-order valence-electron chi connectivity index (χ1n) is 5.58. The van der Waals surface area contributed by atoms with Crippen molar-refractivity contribution in [3.05, 3.63) is 73.9 Å². The van der Waals surface area contributed by atoms with E-state index in [1.807, 2.05) is 0 Å². The zero-order valence-corrected chi connectivity index (χ0v) is 10.2. The third kappa shape index (κ3) is 2.67. The van der Waals surface area contributed by atoms with Crippen molar-refractivity contribution in [3.8, 4) is 0 Å². The summed E-state index contributed by atoms with van der Waals surface area (Å²) in [5, 5.41) is 10.8. The summed E-state index contributed by atoms with van der Waals surface area (Å²) in [6.07, 6.45) is 1.08. The lowest BCUT2D eigenvalue weighted by Gasteiger charge is -2.08. The minimum absolute atomic E-state index is 0.0121. The van der Waals surface area contributed by atoms with E-state index < -0.39 is 10.7 Å². The van der Waals surface area contributed by atoms with E-state index in [4.69, 9.17) is 0 Å². The number of benzene rings is 1. The maximum absolute atomic E-state index is 13.1. The Kier molecular flexibility index (Phi) is 3.41. The Morgan fingerprint density at radius 3 is 2.74 bits per heavy atom. The average Bonchev–Trinajstić information content (AvgIpc) is 2.36. The van der Waals surface area contributed by atoms with Gasteiger partial charge in [-0.1, -0.05) is 12.1 Å². The first-order valence-corrected chi connectivity index (χ1v) is 5.58. The van der Waals surface area contributed by atoms with E-state index in [1.54, 1.807) is 19.1 Å². The highest BCUT2D eigenvalue weighted by atomic mass is 19.1. The van der Waals surface area contributed by atoms with Crippen LogP contribution in [0.25, 0.3) is 0 Å². The summed E-state index contributed by atoms with van der Waals surface area (Å²) in [7, 11) is 0. The molecule has 0 fully saturated rings. The van der Waals surface area contributed by atoms with Crippen molar-refractivity contribution in [3.63, 3.8) is 0 Å². The summed E-state index contributed by atoms with van der Waals surface area (Å²) in [6, 6.07) is 6.83. The molecule has 0 aliphatic heterocycles. The highest BCUT2D eigenvalue weighted by Crippen LogP contribution is 2.21. The monoisotopic (exact) mass is 262 g/mol. The van der Waals surface area contributed by atoms with Crippen LogP contribution in [0.15, 0.2) is 41.3 Å². The molecule has 0 spiro atoms. The smallest absolute Gasteiger partial charge is 0.272 e. The van der Waals surface area contributed by atoms with E-state index in [0.29, 0.717) is 11.1 Å². The summed E-state index contributed by atoms with van der Waals surface area (Å²) in [5.74, 6) is -0.525. The van der Waals surface area contributed by atoms with Crippen molar-refractivity contribution in [2.45, 2.75) is 13.5 Å². The van der Waals surface area contributed by atoms with Gasteiger partial charge >= 0.3 is 0 Å². The van der Waals surface area contributed by atoms with E-state index in [0.717, 1.165) is 18.3 Å². The van der Waals surface area contributed by atoms with Gasteiger partial charge in [-0.15, -0.1) is 0 Å². The van der Waals surface area contributed by atoms with Crippen LogP contribution in [0.3, 0.4) is 0 Å². The molecule has 19 heavy (non-hydrogen) atoms. The molecule has 1 heterocycles. The van der Waals surface area contributed by atoms with Crippen molar-refractivity contribution in [1.29, 1.82) is 0 Å². The molecule has 6 heteroatoms. The predicted molar refractivity (Wildman–Crippen MR) is 67.6 cm³/mol. The van der Waals surface area contributed by atoms with Gasteiger partial charge in [-0.25, -0.2) is 4.39 Å². The van der Waals surface area contributed by atoms with Gasteiger partial charge in [0.2, 0.25) is 0 Å². The number of pyridine rings is 1. The van der Waals surface area contributed by atoms with Gasteiger partial charge in [-0.05, 0) is 18.6 Å². The predicted octanol–water partition coefficient (Wildman–Crippen LogP) is 2.25. The highest BCUT2D eigenvalue weighted by Gasteiger charge is 2.13. The Hall–Kier alpha value is -2.50. The molecule has 0 amide bonds. The number of halogens is 1. The number of nitro groups is 1. The lowest BCUT2D eigenvalue weighted by atomic mass is 10.1. The molecule has 98 valence electrons. The van der Waals surface area contributed by atoms with Crippen LogP contribution in [0.4, 0.5) is 10.1 Å². The lowest BCUT2D eigenvalue weighted by molar-refractivity contribution is -0.385. The number of hydrogen-bond acceptors (Lipinski definition) is 3. The zero-order chi connectivity index (χ0) is 14.0. The second-order valence-electron chi connectivity index (χ2n) is 4.13. The van der Waals surface area contributed by atoms with E-state index in [9.17, 15) is 19.3 Å². The molecule has 0 N–H and O–H groups in total. The molecule has 0 atom stereocenters. The van der Waals surface area contributed by atoms with E-state index in [1.165, 1.54) is 10.6 Å². The van der Waals surface area contributed by atoms with E-state index >= 15 is 0 Å². The van der Waals surface area contributed by atoms with Gasteiger partial charge in [0.25, 0.3) is 11.2 Å². The largest absolute Gasteiger partial charge is 0.308 e. The molecule has 2 aromatic rings. The fraction of sp³-hybridized carbons (Fsp3) is 0.154. The number of aromatic nitrogens is 1. The fourth-order valence-electron chi connectivity index (χ4n) is 1.85. The minimum Gasteiger partial charge on any atom is -0.308 e. The van der Waals surface area contributed by atoms with Gasteiger partial charge in [0.15, 0.2) is 0 Å². The second kappa shape index (κ2) is 5.01. The molecule has 1 aromatic heterocycles. The van der Waals surface area contributed by atoms with Gasteiger partial charge in [0.05, 0.1) is 11.5 Å². The second-order valence-corrected chi connectivity index (χ2v) is 4.13. The van der Waals surface area contributed by atoms with E-state index in [-0.39, 0.29) is 17.8 Å². The summed E-state index contributed by atoms with van der Waals surface area (Å²) >= 11 is 0. The van der Waals surface area contributed by atoms with Crippen LogP contribution in [0, 0.1) is 22.9 Å². The molecule has 0 aliphatic carbocycles.